The summed E-state index contributed by atoms with van der Waals surface area (Å²) in [6, 6.07) is 0. The lowest BCUT2D eigenvalue weighted by atomic mass is 9.91. The first-order valence-electron chi connectivity index (χ1n) is 5.05. The SMILES string of the molecule is CNCC(C)(C)CN(C)C(C)(C)C. The van der Waals surface area contributed by atoms with Crippen molar-refractivity contribution in [1.29, 1.82) is 0 Å². The van der Waals surface area contributed by atoms with Gasteiger partial charge in [0, 0.05) is 18.6 Å². The van der Waals surface area contributed by atoms with E-state index in [2.05, 4.69) is 51.9 Å². The highest BCUT2D eigenvalue weighted by Crippen LogP contribution is 2.20. The molecule has 0 atom stereocenters. The Bertz CT molecular complexity index is 145. The first-order valence-corrected chi connectivity index (χ1v) is 5.05. The second-order valence-corrected chi connectivity index (χ2v) is 5.72. The van der Waals surface area contributed by atoms with Crippen LogP contribution in [0.1, 0.15) is 34.6 Å². The molecule has 0 aliphatic heterocycles. The summed E-state index contributed by atoms with van der Waals surface area (Å²) < 4.78 is 0. The summed E-state index contributed by atoms with van der Waals surface area (Å²) in [5, 5.41) is 3.24. The molecule has 13 heavy (non-hydrogen) atoms. The van der Waals surface area contributed by atoms with Crippen molar-refractivity contribution in [3.05, 3.63) is 0 Å². The Balaban J connectivity index is 4.11. The highest BCUT2D eigenvalue weighted by molar-refractivity contribution is 4.80. The molecule has 0 saturated carbocycles. The summed E-state index contributed by atoms with van der Waals surface area (Å²) in [5.41, 5.74) is 0.613. The van der Waals surface area contributed by atoms with Gasteiger partial charge in [-0.2, -0.15) is 0 Å². The first-order chi connectivity index (χ1) is 5.69. The van der Waals surface area contributed by atoms with E-state index in [0.717, 1.165) is 13.1 Å². The highest BCUT2D eigenvalue weighted by atomic mass is 15.2. The summed E-state index contributed by atoms with van der Waals surface area (Å²) in [6.07, 6.45) is 0. The minimum atomic E-state index is 0.269. The van der Waals surface area contributed by atoms with Crippen LogP contribution in [0.4, 0.5) is 0 Å². The van der Waals surface area contributed by atoms with Crippen LogP contribution in [-0.4, -0.2) is 37.6 Å². The van der Waals surface area contributed by atoms with E-state index >= 15 is 0 Å². The van der Waals surface area contributed by atoms with Gasteiger partial charge in [0.15, 0.2) is 0 Å². The summed E-state index contributed by atoms with van der Waals surface area (Å²) >= 11 is 0. The summed E-state index contributed by atoms with van der Waals surface area (Å²) in [4.78, 5) is 2.41. The summed E-state index contributed by atoms with van der Waals surface area (Å²) in [7, 11) is 4.20. The quantitative estimate of drug-likeness (QED) is 0.722. The Morgan fingerprint density at radius 2 is 1.54 bits per heavy atom. The van der Waals surface area contributed by atoms with Crippen molar-refractivity contribution in [2.45, 2.75) is 40.2 Å². The van der Waals surface area contributed by atoms with E-state index < -0.39 is 0 Å². The lowest BCUT2D eigenvalue weighted by molar-refractivity contribution is 0.115. The van der Waals surface area contributed by atoms with Crippen LogP contribution in [-0.2, 0) is 0 Å². The molecule has 0 bridgehead atoms. The number of hydrogen-bond donors (Lipinski definition) is 1. The van der Waals surface area contributed by atoms with E-state index in [1.807, 2.05) is 7.05 Å². The minimum Gasteiger partial charge on any atom is -0.319 e. The van der Waals surface area contributed by atoms with Crippen LogP contribution in [0, 0.1) is 5.41 Å². The maximum absolute atomic E-state index is 3.24. The molecule has 0 saturated heterocycles. The summed E-state index contributed by atoms with van der Waals surface area (Å²) in [6.45, 7) is 13.5. The zero-order chi connectivity index (χ0) is 10.7. The van der Waals surface area contributed by atoms with E-state index in [0.29, 0.717) is 5.41 Å². The maximum atomic E-state index is 3.24. The standard InChI is InChI=1S/C11H26N2/c1-10(2,3)13(7)9-11(4,5)8-12-6/h12H,8-9H2,1-7H3. The molecule has 1 N–H and O–H groups in total. The molecular weight excluding hydrogens is 160 g/mol. The van der Waals surface area contributed by atoms with Crippen molar-refractivity contribution < 1.29 is 0 Å². The van der Waals surface area contributed by atoms with Gasteiger partial charge in [-0.3, -0.25) is 0 Å². The van der Waals surface area contributed by atoms with Gasteiger partial charge in [0.25, 0.3) is 0 Å². The van der Waals surface area contributed by atoms with Crippen LogP contribution in [0.25, 0.3) is 0 Å². The van der Waals surface area contributed by atoms with Crippen LogP contribution in [0.5, 0.6) is 0 Å². The van der Waals surface area contributed by atoms with Gasteiger partial charge in [-0.05, 0) is 40.3 Å². The topological polar surface area (TPSA) is 15.3 Å². The molecule has 0 rings (SSSR count). The lowest BCUT2D eigenvalue weighted by Gasteiger charge is -2.38. The predicted molar refractivity (Wildman–Crippen MR) is 60.1 cm³/mol. The second kappa shape index (κ2) is 4.43. The number of nitrogens with one attached hydrogen (secondary N) is 1. The molecule has 0 spiro atoms. The molecular formula is C11H26N2. The zero-order valence-corrected chi connectivity index (χ0v) is 10.4. The molecule has 2 nitrogen and oxygen atoms in total. The smallest absolute Gasteiger partial charge is 0.0122 e. The normalized spacial score (nSPS) is 13.8. The minimum absolute atomic E-state index is 0.269. The van der Waals surface area contributed by atoms with Gasteiger partial charge in [-0.15, -0.1) is 0 Å². The summed E-state index contributed by atoms with van der Waals surface area (Å²) in [5.74, 6) is 0. The maximum Gasteiger partial charge on any atom is 0.0122 e. The zero-order valence-electron chi connectivity index (χ0n) is 10.4. The monoisotopic (exact) mass is 186 g/mol. The molecule has 0 aromatic rings. The molecule has 0 amide bonds. The van der Waals surface area contributed by atoms with Crippen molar-refractivity contribution in [1.82, 2.24) is 10.2 Å². The Labute approximate surface area is 83.7 Å². The lowest BCUT2D eigenvalue weighted by Crippen LogP contribution is -2.46. The van der Waals surface area contributed by atoms with Crippen LogP contribution in [0.15, 0.2) is 0 Å². The van der Waals surface area contributed by atoms with Crippen LogP contribution >= 0.6 is 0 Å². The molecule has 0 aromatic carbocycles. The van der Waals surface area contributed by atoms with Gasteiger partial charge in [0.2, 0.25) is 0 Å². The third-order valence-electron chi connectivity index (χ3n) is 2.47. The second-order valence-electron chi connectivity index (χ2n) is 5.72. The van der Waals surface area contributed by atoms with E-state index in [9.17, 15) is 0 Å². The van der Waals surface area contributed by atoms with Crippen molar-refractivity contribution in [3.8, 4) is 0 Å². The largest absolute Gasteiger partial charge is 0.319 e. The van der Waals surface area contributed by atoms with Gasteiger partial charge in [-0.1, -0.05) is 13.8 Å². The first kappa shape index (κ1) is 12.9. The average Bonchev–Trinajstić information content (AvgIpc) is 1.83. The Morgan fingerprint density at radius 1 is 1.08 bits per heavy atom. The fourth-order valence-electron chi connectivity index (χ4n) is 1.41. The van der Waals surface area contributed by atoms with Crippen molar-refractivity contribution in [2.24, 2.45) is 5.41 Å². The van der Waals surface area contributed by atoms with Crippen molar-refractivity contribution in [3.63, 3.8) is 0 Å². The van der Waals surface area contributed by atoms with Crippen molar-refractivity contribution in [2.75, 3.05) is 27.2 Å². The van der Waals surface area contributed by atoms with Crippen LogP contribution < -0.4 is 5.32 Å². The van der Waals surface area contributed by atoms with Gasteiger partial charge in [0.1, 0.15) is 0 Å². The molecule has 2 heteroatoms. The van der Waals surface area contributed by atoms with Crippen LogP contribution in [0.2, 0.25) is 0 Å². The van der Waals surface area contributed by atoms with E-state index in [1.165, 1.54) is 0 Å². The van der Waals surface area contributed by atoms with Gasteiger partial charge >= 0.3 is 0 Å². The fraction of sp³-hybridized carbons (Fsp3) is 1.00. The molecule has 0 fully saturated rings. The third-order valence-corrected chi connectivity index (χ3v) is 2.47. The third kappa shape index (κ3) is 5.27. The van der Waals surface area contributed by atoms with Gasteiger partial charge in [0.05, 0.1) is 0 Å². The fourth-order valence-corrected chi connectivity index (χ4v) is 1.41. The number of nitrogens with zero attached hydrogens (tertiary/aromatic N) is 1. The molecule has 0 aliphatic carbocycles. The highest BCUT2D eigenvalue weighted by Gasteiger charge is 2.25. The Morgan fingerprint density at radius 3 is 1.85 bits per heavy atom. The molecule has 0 radical (unpaired) electrons. The molecule has 0 unspecified atom stereocenters. The van der Waals surface area contributed by atoms with Gasteiger partial charge < -0.3 is 10.2 Å². The van der Waals surface area contributed by atoms with E-state index in [-0.39, 0.29) is 5.54 Å². The van der Waals surface area contributed by atoms with E-state index in [4.69, 9.17) is 0 Å². The molecule has 0 heterocycles. The van der Waals surface area contributed by atoms with Gasteiger partial charge in [-0.25, -0.2) is 0 Å². The molecule has 80 valence electrons. The molecule has 0 aromatic heterocycles. The number of hydrogen-bond acceptors (Lipinski definition) is 2. The van der Waals surface area contributed by atoms with E-state index in [1.54, 1.807) is 0 Å². The molecule has 0 aliphatic rings. The van der Waals surface area contributed by atoms with Crippen molar-refractivity contribution >= 4 is 0 Å². The number of rotatable bonds is 4. The van der Waals surface area contributed by atoms with Crippen LogP contribution in [0.3, 0.4) is 0 Å². The Kier molecular flexibility index (Phi) is 4.40. The predicted octanol–water partition coefficient (Wildman–Crippen LogP) is 1.96. The average molecular weight is 186 g/mol. The Hall–Kier alpha value is -0.0800.